The molecule has 1 heterocycles. The largest absolute Gasteiger partial charge is 0.470 e. The number of fused-ring (bicyclic) bond motifs is 1. The number of hydrogen-bond donors (Lipinski definition) is 2. The number of benzene rings is 1. The van der Waals surface area contributed by atoms with E-state index in [1.807, 2.05) is 51.4 Å². The van der Waals surface area contributed by atoms with E-state index in [4.69, 9.17) is 14.3 Å². The van der Waals surface area contributed by atoms with Crippen LogP contribution in [0.1, 0.15) is 19.4 Å². The highest BCUT2D eigenvalue weighted by Crippen LogP contribution is 2.27. The van der Waals surface area contributed by atoms with Crippen molar-refractivity contribution < 1.29 is 19.1 Å². The predicted molar refractivity (Wildman–Crippen MR) is 125 cm³/mol. The molecule has 1 aromatic carbocycles. The lowest BCUT2D eigenvalue weighted by Gasteiger charge is -2.25. The Bertz CT molecular complexity index is 876. The predicted octanol–water partition coefficient (Wildman–Crippen LogP) is 3.75. The van der Waals surface area contributed by atoms with Crippen molar-refractivity contribution in [3.63, 3.8) is 0 Å². The highest BCUT2D eigenvalue weighted by atomic mass is 127. The average molecular weight is 531 g/mol. The smallest absolute Gasteiger partial charge is 0.272 e. The van der Waals surface area contributed by atoms with Gasteiger partial charge in [0.15, 0.2) is 6.79 Å². The summed E-state index contributed by atoms with van der Waals surface area (Å²) in [7, 11) is 1.53. The van der Waals surface area contributed by atoms with E-state index >= 15 is 0 Å². The molecule has 1 amide bonds. The van der Waals surface area contributed by atoms with Crippen molar-refractivity contribution in [3.05, 3.63) is 45.8 Å². The molecular weight excluding hydrogens is 505 g/mol. The second-order valence-corrected chi connectivity index (χ2v) is 9.01. The molecule has 1 aromatic heterocycles. The Morgan fingerprint density at radius 2 is 2.14 bits per heavy atom. The summed E-state index contributed by atoms with van der Waals surface area (Å²) < 4.78 is 11.8. The molecule has 0 spiro atoms. The average Bonchev–Trinajstić information content (AvgIpc) is 2.65. The molecule has 0 saturated carbocycles. The van der Waals surface area contributed by atoms with Crippen molar-refractivity contribution in [1.82, 2.24) is 15.8 Å². The lowest BCUT2D eigenvalue weighted by Crippen LogP contribution is -2.47. The lowest BCUT2D eigenvalue weighted by molar-refractivity contribution is -0.125. The number of ether oxygens (including phenoxy) is 2. The molecule has 0 saturated heterocycles. The van der Waals surface area contributed by atoms with Crippen molar-refractivity contribution >= 4 is 51.2 Å². The first-order valence-electron chi connectivity index (χ1n) is 8.87. The first-order chi connectivity index (χ1) is 13.8. The monoisotopic (exact) mass is 531 g/mol. The zero-order valence-electron chi connectivity index (χ0n) is 17.1. The Hall–Kier alpha value is -1.56. The third-order valence-corrected chi connectivity index (χ3v) is 5.19. The lowest BCUT2D eigenvalue weighted by atomic mass is 10.1. The minimum atomic E-state index is -0.687. The van der Waals surface area contributed by atoms with E-state index in [1.165, 1.54) is 18.9 Å². The van der Waals surface area contributed by atoms with Gasteiger partial charge in [-0.1, -0.05) is 0 Å². The van der Waals surface area contributed by atoms with Crippen LogP contribution in [0.25, 0.3) is 10.9 Å². The van der Waals surface area contributed by atoms with Gasteiger partial charge in [0.25, 0.3) is 5.91 Å². The summed E-state index contributed by atoms with van der Waals surface area (Å²) in [6.45, 7) is 5.87. The minimum Gasteiger partial charge on any atom is -0.470 e. The quantitative estimate of drug-likeness (QED) is 0.209. The van der Waals surface area contributed by atoms with Crippen LogP contribution in [0.15, 0.2) is 36.7 Å². The van der Waals surface area contributed by atoms with Crippen LogP contribution in [-0.4, -0.2) is 42.0 Å². The van der Waals surface area contributed by atoms with Crippen LogP contribution in [0.3, 0.4) is 0 Å². The molecule has 2 N–H and O–H groups in total. The summed E-state index contributed by atoms with van der Waals surface area (Å²) in [4.78, 5) is 22.2. The van der Waals surface area contributed by atoms with Gasteiger partial charge >= 0.3 is 0 Å². The maximum absolute atomic E-state index is 12.8. The number of aryl methyl sites for hydroxylation is 1. The fourth-order valence-electron chi connectivity index (χ4n) is 2.57. The molecule has 158 valence electrons. The third-order valence-electron chi connectivity index (χ3n) is 3.86. The number of nitrogens with one attached hydrogen (secondary N) is 2. The Kier molecular flexibility index (Phi) is 9.00. The van der Waals surface area contributed by atoms with Gasteiger partial charge in [-0.3, -0.25) is 15.3 Å². The van der Waals surface area contributed by atoms with Crippen molar-refractivity contribution in [1.29, 1.82) is 0 Å². The molecule has 9 heteroatoms. The third kappa shape index (κ3) is 7.32. The topological polar surface area (TPSA) is 81.7 Å². The van der Waals surface area contributed by atoms with E-state index in [0.717, 1.165) is 20.0 Å². The van der Waals surface area contributed by atoms with Crippen LogP contribution in [0.2, 0.25) is 0 Å². The molecule has 0 fully saturated rings. The molecule has 7 nitrogen and oxygen atoms in total. The molecule has 0 aliphatic carbocycles. The number of amides is 1. The number of thioether (sulfide) groups is 1. The van der Waals surface area contributed by atoms with E-state index in [1.54, 1.807) is 12.3 Å². The summed E-state index contributed by atoms with van der Waals surface area (Å²) >= 11 is 3.56. The van der Waals surface area contributed by atoms with Crippen molar-refractivity contribution in [2.24, 2.45) is 0 Å². The van der Waals surface area contributed by atoms with Gasteiger partial charge in [-0.2, -0.15) is 0 Å². The standard InChI is InChI=1S/C20H26IN3O4S/c1-13-8-16(10-14-9-15(21)11-22-17(13)14)28-19(29-5)18(25)24-20(2,3)6-7-23-27-12-26-4/h6-11,19,23H,12H2,1-5H3,(H,24,25). The number of hydroxylamine groups is 1. The van der Waals surface area contributed by atoms with Crippen LogP contribution in [-0.2, 0) is 14.4 Å². The molecule has 29 heavy (non-hydrogen) atoms. The first kappa shape index (κ1) is 23.7. The Labute approximate surface area is 189 Å². The van der Waals surface area contributed by atoms with Crippen molar-refractivity contribution in [3.8, 4) is 5.75 Å². The normalized spacial score (nSPS) is 12.9. The molecule has 1 unspecified atom stereocenters. The van der Waals surface area contributed by atoms with Gasteiger partial charge in [-0.15, -0.1) is 11.8 Å². The molecule has 2 rings (SSSR count). The van der Waals surface area contributed by atoms with E-state index in [2.05, 4.69) is 38.4 Å². The van der Waals surface area contributed by atoms with Crippen molar-refractivity contribution in [2.45, 2.75) is 31.7 Å². The zero-order valence-corrected chi connectivity index (χ0v) is 20.1. The van der Waals surface area contributed by atoms with Crippen LogP contribution in [0.4, 0.5) is 0 Å². The van der Waals surface area contributed by atoms with E-state index in [0.29, 0.717) is 5.75 Å². The van der Waals surface area contributed by atoms with E-state index < -0.39 is 11.0 Å². The number of methoxy groups -OCH3 is 1. The SMILES string of the molecule is COCONC=CC(C)(C)NC(=O)C(Oc1cc(C)c2ncc(I)cc2c1)SC. The fourth-order valence-corrected chi connectivity index (χ4v) is 3.53. The van der Waals surface area contributed by atoms with Gasteiger partial charge in [-0.05, 0) is 79.5 Å². The Balaban J connectivity index is 2.07. The maximum atomic E-state index is 12.8. The number of hydrogen-bond acceptors (Lipinski definition) is 7. The van der Waals surface area contributed by atoms with Gasteiger partial charge < -0.3 is 14.8 Å². The molecule has 0 aliphatic heterocycles. The summed E-state index contributed by atoms with van der Waals surface area (Å²) in [6, 6.07) is 5.86. The fraction of sp³-hybridized carbons (Fsp3) is 0.400. The molecule has 0 bridgehead atoms. The van der Waals surface area contributed by atoms with E-state index in [-0.39, 0.29) is 12.7 Å². The van der Waals surface area contributed by atoms with Gasteiger partial charge in [-0.25, -0.2) is 4.84 Å². The molecule has 1 atom stereocenters. The van der Waals surface area contributed by atoms with E-state index in [9.17, 15) is 4.79 Å². The van der Waals surface area contributed by atoms with Crippen molar-refractivity contribution in [2.75, 3.05) is 20.2 Å². The van der Waals surface area contributed by atoms with Crippen LogP contribution in [0, 0.1) is 10.5 Å². The number of aromatic nitrogens is 1. The summed E-state index contributed by atoms with van der Waals surface area (Å²) in [5.74, 6) is 0.416. The minimum absolute atomic E-state index is 0.124. The summed E-state index contributed by atoms with van der Waals surface area (Å²) in [5.41, 5.74) is 3.27. The summed E-state index contributed by atoms with van der Waals surface area (Å²) in [6.07, 6.45) is 7.06. The highest BCUT2D eigenvalue weighted by Gasteiger charge is 2.25. The number of halogens is 1. The van der Waals surface area contributed by atoms with Gasteiger partial charge in [0, 0.05) is 28.5 Å². The number of rotatable bonds is 10. The van der Waals surface area contributed by atoms with Crippen LogP contribution < -0.4 is 15.5 Å². The van der Waals surface area contributed by atoms with Gasteiger partial charge in [0.1, 0.15) is 5.75 Å². The first-order valence-corrected chi connectivity index (χ1v) is 11.2. The van der Waals surface area contributed by atoms with Crippen LogP contribution in [0.5, 0.6) is 5.75 Å². The number of carbonyl (C=O) groups excluding carboxylic acids is 1. The summed E-state index contributed by atoms with van der Waals surface area (Å²) in [5, 5.41) is 3.95. The highest BCUT2D eigenvalue weighted by molar-refractivity contribution is 14.1. The van der Waals surface area contributed by atoms with Gasteiger partial charge in [0.2, 0.25) is 5.44 Å². The molecule has 0 radical (unpaired) electrons. The second-order valence-electron chi connectivity index (χ2n) is 6.86. The molecule has 2 aromatic rings. The molecular formula is C20H26IN3O4S. The number of carbonyl (C=O) groups is 1. The van der Waals surface area contributed by atoms with Gasteiger partial charge in [0.05, 0.1) is 11.1 Å². The Morgan fingerprint density at radius 3 is 2.83 bits per heavy atom. The number of nitrogens with zero attached hydrogens (tertiary/aromatic N) is 1. The maximum Gasteiger partial charge on any atom is 0.272 e. The Morgan fingerprint density at radius 1 is 1.38 bits per heavy atom. The molecule has 0 aliphatic rings. The number of pyridine rings is 1. The second kappa shape index (κ2) is 11.0. The van der Waals surface area contributed by atoms with Crippen LogP contribution >= 0.6 is 34.4 Å². The zero-order chi connectivity index (χ0) is 21.4.